The fourth-order valence-electron chi connectivity index (χ4n) is 1.98. The Kier molecular flexibility index (Phi) is 3.68. The van der Waals surface area contributed by atoms with Gasteiger partial charge in [-0.1, -0.05) is 50.2 Å². The molecule has 18 heavy (non-hydrogen) atoms. The first-order valence-electron chi connectivity index (χ1n) is 6.21. The standard InChI is InChI=1S/C16H19NO/c1-11(2)12-6-8-13(9-7-12)16(18)14-4-3-5-15(17)10-14/h3-11,16,18H,17H2,1-2H3/t16-/m0/s1. The number of nitrogens with two attached hydrogens (primary N) is 1. The lowest BCUT2D eigenvalue weighted by molar-refractivity contribution is 0.220. The zero-order valence-electron chi connectivity index (χ0n) is 10.8. The van der Waals surface area contributed by atoms with Gasteiger partial charge in [0.1, 0.15) is 6.10 Å². The van der Waals surface area contributed by atoms with Gasteiger partial charge in [-0.3, -0.25) is 0 Å². The Morgan fingerprint density at radius 3 is 2.06 bits per heavy atom. The van der Waals surface area contributed by atoms with Crippen LogP contribution in [0.3, 0.4) is 0 Å². The highest BCUT2D eigenvalue weighted by Gasteiger charge is 2.10. The zero-order chi connectivity index (χ0) is 13.1. The summed E-state index contributed by atoms with van der Waals surface area (Å²) in [7, 11) is 0. The maximum Gasteiger partial charge on any atom is 0.104 e. The van der Waals surface area contributed by atoms with Crippen LogP contribution in [0.1, 0.15) is 42.6 Å². The van der Waals surface area contributed by atoms with Crippen molar-refractivity contribution in [3.05, 3.63) is 65.2 Å². The molecule has 2 aromatic rings. The number of rotatable bonds is 3. The van der Waals surface area contributed by atoms with Gasteiger partial charge >= 0.3 is 0 Å². The maximum absolute atomic E-state index is 10.3. The van der Waals surface area contributed by atoms with Crippen molar-refractivity contribution in [1.82, 2.24) is 0 Å². The molecule has 0 spiro atoms. The maximum atomic E-state index is 10.3. The van der Waals surface area contributed by atoms with E-state index in [1.165, 1.54) is 5.56 Å². The van der Waals surface area contributed by atoms with Crippen molar-refractivity contribution in [1.29, 1.82) is 0 Å². The molecule has 3 N–H and O–H groups in total. The molecule has 0 unspecified atom stereocenters. The molecule has 2 heteroatoms. The summed E-state index contributed by atoms with van der Waals surface area (Å²) in [5.41, 5.74) is 9.39. The first-order valence-corrected chi connectivity index (χ1v) is 6.21. The highest BCUT2D eigenvalue weighted by atomic mass is 16.3. The smallest absolute Gasteiger partial charge is 0.104 e. The van der Waals surface area contributed by atoms with Crippen LogP contribution in [-0.2, 0) is 0 Å². The zero-order valence-corrected chi connectivity index (χ0v) is 10.8. The predicted octanol–water partition coefficient (Wildman–Crippen LogP) is 3.47. The Bertz CT molecular complexity index is 517. The summed E-state index contributed by atoms with van der Waals surface area (Å²) in [5.74, 6) is 0.503. The molecule has 0 fully saturated rings. The summed E-state index contributed by atoms with van der Waals surface area (Å²) in [5, 5.41) is 10.3. The fourth-order valence-corrected chi connectivity index (χ4v) is 1.98. The van der Waals surface area contributed by atoms with E-state index in [1.807, 2.05) is 30.3 Å². The number of aliphatic hydroxyl groups excluding tert-OH is 1. The van der Waals surface area contributed by atoms with Crippen LogP contribution in [-0.4, -0.2) is 5.11 Å². The van der Waals surface area contributed by atoms with Gasteiger partial charge in [0.25, 0.3) is 0 Å². The molecule has 0 heterocycles. The van der Waals surface area contributed by atoms with Gasteiger partial charge in [0.15, 0.2) is 0 Å². The van der Waals surface area contributed by atoms with Gasteiger partial charge in [0.05, 0.1) is 0 Å². The average Bonchev–Trinajstić information content (AvgIpc) is 2.38. The monoisotopic (exact) mass is 241 g/mol. The van der Waals surface area contributed by atoms with Crippen LogP contribution in [0, 0.1) is 0 Å². The first kappa shape index (κ1) is 12.7. The molecule has 0 aliphatic carbocycles. The number of aliphatic hydroxyl groups is 1. The summed E-state index contributed by atoms with van der Waals surface area (Å²) in [4.78, 5) is 0. The van der Waals surface area contributed by atoms with Crippen LogP contribution in [0.15, 0.2) is 48.5 Å². The molecular weight excluding hydrogens is 222 g/mol. The fraction of sp³-hybridized carbons (Fsp3) is 0.250. The van der Waals surface area contributed by atoms with E-state index in [0.717, 1.165) is 11.1 Å². The Morgan fingerprint density at radius 2 is 1.50 bits per heavy atom. The van der Waals surface area contributed by atoms with E-state index in [-0.39, 0.29) is 0 Å². The molecule has 0 amide bonds. The van der Waals surface area contributed by atoms with Crippen LogP contribution in [0.5, 0.6) is 0 Å². The predicted molar refractivity (Wildman–Crippen MR) is 75.4 cm³/mol. The van der Waals surface area contributed by atoms with Crippen LogP contribution in [0.25, 0.3) is 0 Å². The second-order valence-electron chi connectivity index (χ2n) is 4.89. The van der Waals surface area contributed by atoms with Gasteiger partial charge in [0.2, 0.25) is 0 Å². The van der Waals surface area contributed by atoms with Crippen LogP contribution in [0.4, 0.5) is 5.69 Å². The summed E-state index contributed by atoms with van der Waals surface area (Å²) < 4.78 is 0. The lowest BCUT2D eigenvalue weighted by atomic mass is 9.97. The van der Waals surface area contributed by atoms with Gasteiger partial charge < -0.3 is 10.8 Å². The molecule has 2 rings (SSSR count). The van der Waals surface area contributed by atoms with Gasteiger partial charge in [-0.15, -0.1) is 0 Å². The van der Waals surface area contributed by atoms with E-state index in [2.05, 4.69) is 26.0 Å². The van der Waals surface area contributed by atoms with Gasteiger partial charge in [-0.2, -0.15) is 0 Å². The van der Waals surface area contributed by atoms with E-state index in [0.29, 0.717) is 11.6 Å². The topological polar surface area (TPSA) is 46.2 Å². The van der Waals surface area contributed by atoms with Crippen molar-refractivity contribution < 1.29 is 5.11 Å². The second kappa shape index (κ2) is 5.23. The molecule has 0 bridgehead atoms. The van der Waals surface area contributed by atoms with Crippen LogP contribution >= 0.6 is 0 Å². The quantitative estimate of drug-likeness (QED) is 0.808. The number of anilines is 1. The van der Waals surface area contributed by atoms with Gasteiger partial charge in [0, 0.05) is 5.69 Å². The SMILES string of the molecule is CC(C)c1ccc([C@H](O)c2cccc(N)c2)cc1. The molecule has 0 radical (unpaired) electrons. The summed E-state index contributed by atoms with van der Waals surface area (Å²) in [6.07, 6.45) is -0.616. The third-order valence-electron chi connectivity index (χ3n) is 3.15. The second-order valence-corrected chi connectivity index (χ2v) is 4.89. The molecule has 0 aromatic heterocycles. The van der Waals surface area contributed by atoms with Crippen LogP contribution < -0.4 is 5.73 Å². The van der Waals surface area contributed by atoms with Crippen LogP contribution in [0.2, 0.25) is 0 Å². The molecule has 0 saturated heterocycles. The van der Waals surface area contributed by atoms with Crippen molar-refractivity contribution in [2.24, 2.45) is 0 Å². The summed E-state index contributed by atoms with van der Waals surface area (Å²) in [6, 6.07) is 15.4. The van der Waals surface area contributed by atoms with E-state index in [9.17, 15) is 5.11 Å². The molecule has 0 aliphatic rings. The highest BCUT2D eigenvalue weighted by Crippen LogP contribution is 2.25. The van der Waals surface area contributed by atoms with Crippen molar-refractivity contribution >= 4 is 5.69 Å². The van der Waals surface area contributed by atoms with Gasteiger partial charge in [-0.05, 0) is 34.7 Å². The molecule has 94 valence electrons. The molecule has 0 saturated carbocycles. The largest absolute Gasteiger partial charge is 0.399 e. The van der Waals surface area contributed by atoms with Crippen molar-refractivity contribution in [2.75, 3.05) is 5.73 Å². The lowest BCUT2D eigenvalue weighted by Crippen LogP contribution is -2.01. The molecule has 0 aliphatic heterocycles. The highest BCUT2D eigenvalue weighted by molar-refractivity contribution is 5.43. The Balaban J connectivity index is 2.26. The Morgan fingerprint density at radius 1 is 0.889 bits per heavy atom. The third kappa shape index (κ3) is 2.71. The third-order valence-corrected chi connectivity index (χ3v) is 3.15. The van der Waals surface area contributed by atoms with Gasteiger partial charge in [-0.25, -0.2) is 0 Å². The Labute approximate surface area is 108 Å². The van der Waals surface area contributed by atoms with E-state index < -0.39 is 6.10 Å². The minimum atomic E-state index is -0.616. The average molecular weight is 241 g/mol. The number of hydrogen-bond acceptors (Lipinski definition) is 2. The number of nitrogen functional groups attached to an aromatic ring is 1. The normalized spacial score (nSPS) is 12.7. The minimum Gasteiger partial charge on any atom is -0.399 e. The number of benzene rings is 2. The van der Waals surface area contributed by atoms with E-state index in [4.69, 9.17) is 5.73 Å². The molecule has 2 nitrogen and oxygen atoms in total. The van der Waals surface area contributed by atoms with Crippen molar-refractivity contribution in [3.63, 3.8) is 0 Å². The van der Waals surface area contributed by atoms with E-state index in [1.54, 1.807) is 6.07 Å². The van der Waals surface area contributed by atoms with Crippen molar-refractivity contribution in [3.8, 4) is 0 Å². The molecular formula is C16H19NO. The number of hydrogen-bond donors (Lipinski definition) is 2. The Hall–Kier alpha value is -1.80. The summed E-state index contributed by atoms with van der Waals surface area (Å²) >= 11 is 0. The molecule has 1 atom stereocenters. The van der Waals surface area contributed by atoms with Crippen molar-refractivity contribution in [2.45, 2.75) is 25.9 Å². The minimum absolute atomic E-state index is 0.503. The lowest BCUT2D eigenvalue weighted by Gasteiger charge is -2.13. The first-order chi connectivity index (χ1) is 8.58. The molecule has 2 aromatic carbocycles. The summed E-state index contributed by atoms with van der Waals surface area (Å²) in [6.45, 7) is 4.31. The van der Waals surface area contributed by atoms with E-state index >= 15 is 0 Å².